The number of carbonyl (C=O) groups is 1. The minimum Gasteiger partial charge on any atom is -0.421 e. The molecule has 5 heteroatoms. The minimum absolute atomic E-state index is 0.00546. The third-order valence-corrected chi connectivity index (χ3v) is 6.02. The average Bonchev–Trinajstić information content (AvgIpc) is 2.76. The summed E-state index contributed by atoms with van der Waals surface area (Å²) in [6, 6.07) is 15.2. The van der Waals surface area contributed by atoms with Gasteiger partial charge in [-0.3, -0.25) is 4.79 Å². The van der Waals surface area contributed by atoms with Gasteiger partial charge in [-0.15, -0.1) is 0 Å². The maximum absolute atomic E-state index is 13.0. The van der Waals surface area contributed by atoms with E-state index >= 15 is 0 Å². The molecule has 0 spiro atoms. The van der Waals surface area contributed by atoms with Gasteiger partial charge >= 0.3 is 5.63 Å². The average molecular weight is 419 g/mol. The normalized spacial score (nSPS) is 15.1. The standard InChI is InChI=1S/C26H30N2O3/c1-26(2,3)18-15-13-17(14-16-18)24(29)28-23-22(27-19-9-5-4-6-10-19)20-11-7-8-12-21(20)31-25(23)30/h7-8,11-16,19,27H,4-6,9-10H2,1-3H3,(H,28,29). The second-order valence-corrected chi connectivity index (χ2v) is 9.40. The van der Waals surface area contributed by atoms with Crippen molar-refractivity contribution >= 4 is 28.3 Å². The lowest BCUT2D eigenvalue weighted by Gasteiger charge is -2.25. The number of hydrogen-bond donors (Lipinski definition) is 2. The molecular weight excluding hydrogens is 388 g/mol. The zero-order chi connectivity index (χ0) is 22.0. The van der Waals surface area contributed by atoms with Crippen LogP contribution in [0.1, 0.15) is 68.8 Å². The van der Waals surface area contributed by atoms with Crippen molar-refractivity contribution in [3.05, 3.63) is 70.1 Å². The van der Waals surface area contributed by atoms with Crippen LogP contribution in [0.5, 0.6) is 0 Å². The highest BCUT2D eigenvalue weighted by molar-refractivity contribution is 6.08. The zero-order valence-corrected chi connectivity index (χ0v) is 18.5. The SMILES string of the molecule is CC(C)(C)c1ccc(C(=O)Nc2c(NC3CCCCC3)c3ccccc3oc2=O)cc1. The number of amides is 1. The van der Waals surface area contributed by atoms with Crippen molar-refractivity contribution in [1.29, 1.82) is 0 Å². The van der Waals surface area contributed by atoms with Crippen LogP contribution in [-0.4, -0.2) is 11.9 Å². The van der Waals surface area contributed by atoms with E-state index in [0.29, 0.717) is 16.8 Å². The molecule has 1 aliphatic rings. The Hall–Kier alpha value is -3.08. The van der Waals surface area contributed by atoms with Gasteiger partial charge < -0.3 is 15.1 Å². The van der Waals surface area contributed by atoms with Gasteiger partial charge in [-0.1, -0.05) is 64.3 Å². The van der Waals surface area contributed by atoms with E-state index in [1.54, 1.807) is 18.2 Å². The quantitative estimate of drug-likeness (QED) is 0.503. The van der Waals surface area contributed by atoms with Crippen molar-refractivity contribution in [2.75, 3.05) is 10.6 Å². The summed E-state index contributed by atoms with van der Waals surface area (Å²) in [7, 11) is 0. The lowest BCUT2D eigenvalue weighted by molar-refractivity contribution is 0.102. The van der Waals surface area contributed by atoms with Crippen molar-refractivity contribution in [2.45, 2.75) is 64.3 Å². The fraction of sp³-hybridized carbons (Fsp3) is 0.385. The molecule has 162 valence electrons. The van der Waals surface area contributed by atoms with Crippen LogP contribution in [0, 0.1) is 0 Å². The fourth-order valence-electron chi connectivity index (χ4n) is 4.17. The Balaban J connectivity index is 1.69. The summed E-state index contributed by atoms with van der Waals surface area (Å²) in [6.45, 7) is 6.39. The Morgan fingerprint density at radius 3 is 2.29 bits per heavy atom. The van der Waals surface area contributed by atoms with Crippen LogP contribution in [0.2, 0.25) is 0 Å². The Kier molecular flexibility index (Phi) is 5.86. The van der Waals surface area contributed by atoms with Crippen molar-refractivity contribution in [2.24, 2.45) is 0 Å². The molecule has 0 saturated heterocycles. The van der Waals surface area contributed by atoms with Crippen molar-refractivity contribution < 1.29 is 9.21 Å². The second-order valence-electron chi connectivity index (χ2n) is 9.40. The van der Waals surface area contributed by atoms with E-state index in [9.17, 15) is 9.59 Å². The molecule has 0 radical (unpaired) electrons. The van der Waals surface area contributed by atoms with Crippen LogP contribution >= 0.6 is 0 Å². The molecule has 4 rings (SSSR count). The van der Waals surface area contributed by atoms with Crippen molar-refractivity contribution in [3.8, 4) is 0 Å². The fourth-order valence-corrected chi connectivity index (χ4v) is 4.17. The second kappa shape index (κ2) is 8.58. The number of carbonyl (C=O) groups excluding carboxylic acids is 1. The van der Waals surface area contributed by atoms with Gasteiger partial charge in [-0.05, 0) is 48.1 Å². The van der Waals surface area contributed by atoms with Gasteiger partial charge in [0.25, 0.3) is 5.91 Å². The van der Waals surface area contributed by atoms with E-state index in [1.807, 2.05) is 30.3 Å². The minimum atomic E-state index is -0.545. The number of fused-ring (bicyclic) bond motifs is 1. The van der Waals surface area contributed by atoms with E-state index in [-0.39, 0.29) is 23.1 Å². The van der Waals surface area contributed by atoms with Crippen LogP contribution in [0.4, 0.5) is 11.4 Å². The summed E-state index contributed by atoms with van der Waals surface area (Å²) in [5.74, 6) is -0.324. The first kappa shape index (κ1) is 21.2. The third kappa shape index (κ3) is 4.66. The highest BCUT2D eigenvalue weighted by Gasteiger charge is 2.22. The molecule has 1 heterocycles. The smallest absolute Gasteiger partial charge is 0.362 e. The maximum atomic E-state index is 13.0. The third-order valence-electron chi connectivity index (χ3n) is 6.02. The Morgan fingerprint density at radius 1 is 0.935 bits per heavy atom. The number of anilines is 2. The molecule has 31 heavy (non-hydrogen) atoms. The topological polar surface area (TPSA) is 71.3 Å². The predicted octanol–water partition coefficient (Wildman–Crippen LogP) is 6.09. The number of hydrogen-bond acceptors (Lipinski definition) is 4. The Morgan fingerprint density at radius 2 is 1.61 bits per heavy atom. The number of rotatable bonds is 4. The molecule has 3 aromatic rings. The first-order chi connectivity index (χ1) is 14.8. The molecule has 0 atom stereocenters. The molecule has 5 nitrogen and oxygen atoms in total. The zero-order valence-electron chi connectivity index (χ0n) is 18.5. The van der Waals surface area contributed by atoms with E-state index in [2.05, 4.69) is 31.4 Å². The van der Waals surface area contributed by atoms with E-state index in [0.717, 1.165) is 23.8 Å². The van der Waals surface area contributed by atoms with Gasteiger partial charge in [-0.25, -0.2) is 4.79 Å². The molecule has 0 bridgehead atoms. The largest absolute Gasteiger partial charge is 0.421 e. The number of benzene rings is 2. The number of nitrogens with one attached hydrogen (secondary N) is 2. The van der Waals surface area contributed by atoms with Crippen LogP contribution in [0.3, 0.4) is 0 Å². The molecule has 0 unspecified atom stereocenters. The van der Waals surface area contributed by atoms with Gasteiger partial charge in [0.05, 0.1) is 5.69 Å². The van der Waals surface area contributed by atoms with Gasteiger partial charge in [0.2, 0.25) is 0 Å². The lowest BCUT2D eigenvalue weighted by Crippen LogP contribution is -2.26. The van der Waals surface area contributed by atoms with Crippen LogP contribution in [0.25, 0.3) is 11.0 Å². The predicted molar refractivity (Wildman–Crippen MR) is 126 cm³/mol. The highest BCUT2D eigenvalue weighted by atomic mass is 16.4. The Labute approximate surface area is 182 Å². The molecule has 1 aromatic heterocycles. The maximum Gasteiger partial charge on any atom is 0.362 e. The van der Waals surface area contributed by atoms with Crippen LogP contribution in [-0.2, 0) is 5.41 Å². The van der Waals surface area contributed by atoms with Gasteiger partial charge in [0.15, 0.2) is 5.69 Å². The molecule has 0 aliphatic heterocycles. The molecule has 2 aromatic carbocycles. The summed E-state index contributed by atoms with van der Waals surface area (Å²) in [6.07, 6.45) is 5.67. The van der Waals surface area contributed by atoms with Gasteiger partial charge in [0.1, 0.15) is 5.58 Å². The summed E-state index contributed by atoms with van der Waals surface area (Å²) in [4.78, 5) is 25.8. The lowest BCUT2D eigenvalue weighted by atomic mass is 9.87. The molecule has 1 saturated carbocycles. The molecule has 2 N–H and O–H groups in total. The summed E-state index contributed by atoms with van der Waals surface area (Å²) >= 11 is 0. The molecule has 1 amide bonds. The summed E-state index contributed by atoms with van der Waals surface area (Å²) in [5, 5.41) is 7.17. The van der Waals surface area contributed by atoms with E-state index < -0.39 is 5.63 Å². The first-order valence-corrected chi connectivity index (χ1v) is 11.1. The van der Waals surface area contributed by atoms with E-state index in [1.165, 1.54) is 19.3 Å². The van der Waals surface area contributed by atoms with Crippen molar-refractivity contribution in [3.63, 3.8) is 0 Å². The van der Waals surface area contributed by atoms with Crippen LogP contribution < -0.4 is 16.3 Å². The van der Waals surface area contributed by atoms with Gasteiger partial charge in [-0.2, -0.15) is 0 Å². The molecular formula is C26H30N2O3. The van der Waals surface area contributed by atoms with Crippen LogP contribution in [0.15, 0.2) is 57.7 Å². The Bertz CT molecular complexity index is 1130. The first-order valence-electron chi connectivity index (χ1n) is 11.1. The van der Waals surface area contributed by atoms with Gasteiger partial charge in [0, 0.05) is 17.0 Å². The summed E-state index contributed by atoms with van der Waals surface area (Å²) in [5.41, 5.74) is 2.45. The summed E-state index contributed by atoms with van der Waals surface area (Å²) < 4.78 is 5.51. The number of para-hydroxylation sites is 1. The van der Waals surface area contributed by atoms with E-state index in [4.69, 9.17) is 4.42 Å². The molecule has 1 fully saturated rings. The van der Waals surface area contributed by atoms with Crippen molar-refractivity contribution in [1.82, 2.24) is 0 Å². The molecule has 1 aliphatic carbocycles. The highest BCUT2D eigenvalue weighted by Crippen LogP contribution is 2.32. The monoisotopic (exact) mass is 418 g/mol.